The number of carbonyl (C=O) groups is 2. The number of methoxy groups -OCH3 is 1. The van der Waals surface area contributed by atoms with Crippen molar-refractivity contribution in [2.75, 3.05) is 23.1 Å². The molecule has 2 heterocycles. The molecule has 1 atom stereocenters. The third-order valence-electron chi connectivity index (χ3n) is 4.73. The summed E-state index contributed by atoms with van der Waals surface area (Å²) in [5.74, 6) is -1.69. The molecule has 2 amide bonds. The summed E-state index contributed by atoms with van der Waals surface area (Å²) in [7, 11) is 1.53. The summed E-state index contributed by atoms with van der Waals surface area (Å²) in [5, 5.41) is 8.07. The maximum absolute atomic E-state index is 13.1. The highest BCUT2D eigenvalue weighted by Gasteiger charge is 2.34. The molecule has 0 saturated heterocycles. The minimum atomic E-state index is -1.01. The van der Waals surface area contributed by atoms with Gasteiger partial charge in [-0.1, -0.05) is 0 Å². The van der Waals surface area contributed by atoms with E-state index in [4.69, 9.17) is 4.74 Å². The van der Waals surface area contributed by atoms with Gasteiger partial charge in [0.1, 0.15) is 17.4 Å². The van der Waals surface area contributed by atoms with E-state index in [2.05, 4.69) is 25.9 Å². The summed E-state index contributed by atoms with van der Waals surface area (Å²) in [6, 6.07) is 12.1. The van der Waals surface area contributed by atoms with Crippen LogP contribution in [-0.4, -0.2) is 28.9 Å². The van der Waals surface area contributed by atoms with Crippen molar-refractivity contribution in [3.63, 3.8) is 0 Å². The van der Waals surface area contributed by atoms with Gasteiger partial charge in [0.05, 0.1) is 18.6 Å². The quantitative estimate of drug-likeness (QED) is 0.500. The zero-order valence-electron chi connectivity index (χ0n) is 16.4. The Kier molecular flexibility index (Phi) is 5.35. The van der Waals surface area contributed by atoms with Crippen molar-refractivity contribution in [3.8, 4) is 5.75 Å². The Hall–Kier alpha value is -4.21. The van der Waals surface area contributed by atoms with E-state index in [1.165, 1.54) is 31.4 Å². The number of halogens is 1. The number of H-pyrrole nitrogens is 1. The molecule has 158 valence electrons. The molecule has 0 bridgehead atoms. The fourth-order valence-corrected chi connectivity index (χ4v) is 3.23. The Balaban J connectivity index is 1.60. The first-order valence-electron chi connectivity index (χ1n) is 9.34. The Labute approximate surface area is 175 Å². The molecule has 1 aromatic heterocycles. The van der Waals surface area contributed by atoms with Gasteiger partial charge >= 0.3 is 0 Å². The van der Waals surface area contributed by atoms with Gasteiger partial charge < -0.3 is 20.7 Å². The summed E-state index contributed by atoms with van der Waals surface area (Å²) in [5.41, 5.74) is 0.484. The lowest BCUT2D eigenvalue weighted by atomic mass is 9.92. The second-order valence-corrected chi connectivity index (χ2v) is 6.83. The first kappa shape index (κ1) is 20.1. The van der Waals surface area contributed by atoms with Gasteiger partial charge in [0.15, 0.2) is 0 Å². The smallest absolute Gasteiger partial charge is 0.258 e. The van der Waals surface area contributed by atoms with Gasteiger partial charge in [-0.25, -0.2) is 4.39 Å². The van der Waals surface area contributed by atoms with E-state index in [-0.39, 0.29) is 23.8 Å². The van der Waals surface area contributed by atoms with Crippen LogP contribution in [-0.2, 0) is 9.59 Å². The van der Waals surface area contributed by atoms with Crippen LogP contribution in [0, 0.1) is 5.82 Å². The van der Waals surface area contributed by atoms with Crippen LogP contribution in [0.3, 0.4) is 0 Å². The van der Waals surface area contributed by atoms with E-state index in [1.54, 1.807) is 24.3 Å². The fourth-order valence-electron chi connectivity index (χ4n) is 3.23. The standard InChI is InChI=1S/C21H18FN5O4/c1-31-14-8-6-12(7-9-14)23-19(29)15-10-16(28)25-18-17(15)20(30)27-21(26-18)24-13-4-2-11(22)3-5-13/h2-9,15H,10H2,1H3,(H,23,29)(H3,24,25,26,27,28,30). The molecule has 10 heteroatoms. The second-order valence-electron chi connectivity index (χ2n) is 6.83. The summed E-state index contributed by atoms with van der Waals surface area (Å²) < 4.78 is 18.2. The van der Waals surface area contributed by atoms with Gasteiger partial charge in [-0.05, 0) is 48.5 Å². The second kappa shape index (κ2) is 8.27. The molecule has 0 spiro atoms. The molecule has 1 unspecified atom stereocenters. The number of hydrogen-bond donors (Lipinski definition) is 4. The van der Waals surface area contributed by atoms with Crippen LogP contribution in [0.15, 0.2) is 53.3 Å². The number of carbonyl (C=O) groups excluding carboxylic acids is 2. The van der Waals surface area contributed by atoms with Gasteiger partial charge in [-0.15, -0.1) is 0 Å². The van der Waals surface area contributed by atoms with Crippen LogP contribution in [0.5, 0.6) is 5.75 Å². The zero-order valence-corrected chi connectivity index (χ0v) is 16.4. The van der Waals surface area contributed by atoms with Crippen molar-refractivity contribution < 1.29 is 18.7 Å². The molecular formula is C21H18FN5O4. The van der Waals surface area contributed by atoms with Crippen molar-refractivity contribution in [3.05, 3.63) is 70.3 Å². The normalized spacial score (nSPS) is 14.9. The number of ether oxygens (including phenoxy) is 1. The number of anilines is 4. The number of rotatable bonds is 5. The largest absolute Gasteiger partial charge is 0.497 e. The molecule has 1 aliphatic heterocycles. The Morgan fingerprint density at radius 1 is 1.10 bits per heavy atom. The summed E-state index contributed by atoms with van der Waals surface area (Å²) in [4.78, 5) is 44.5. The van der Waals surface area contributed by atoms with E-state index in [0.29, 0.717) is 17.1 Å². The maximum Gasteiger partial charge on any atom is 0.258 e. The molecule has 0 aliphatic carbocycles. The van der Waals surface area contributed by atoms with Crippen molar-refractivity contribution in [1.82, 2.24) is 9.97 Å². The molecule has 4 N–H and O–H groups in total. The highest BCUT2D eigenvalue weighted by molar-refractivity contribution is 6.04. The van der Waals surface area contributed by atoms with Crippen LogP contribution in [0.25, 0.3) is 0 Å². The SMILES string of the molecule is COc1ccc(NC(=O)C2CC(=O)Nc3nc(Nc4ccc(F)cc4)[nH]c(=O)c32)cc1. The number of amides is 2. The zero-order chi connectivity index (χ0) is 22.0. The molecule has 0 fully saturated rings. The van der Waals surface area contributed by atoms with E-state index < -0.39 is 29.1 Å². The number of aromatic amines is 1. The van der Waals surface area contributed by atoms with E-state index in [9.17, 15) is 18.8 Å². The lowest BCUT2D eigenvalue weighted by Crippen LogP contribution is -2.36. The van der Waals surface area contributed by atoms with Crippen molar-refractivity contribution >= 4 is 35.0 Å². The van der Waals surface area contributed by atoms with Crippen molar-refractivity contribution in [2.45, 2.75) is 12.3 Å². The average Bonchev–Trinajstić information content (AvgIpc) is 2.75. The summed E-state index contributed by atoms with van der Waals surface area (Å²) >= 11 is 0. The van der Waals surface area contributed by atoms with E-state index >= 15 is 0 Å². The first-order chi connectivity index (χ1) is 14.9. The topological polar surface area (TPSA) is 125 Å². The van der Waals surface area contributed by atoms with Crippen molar-refractivity contribution in [2.24, 2.45) is 0 Å². The van der Waals surface area contributed by atoms with Crippen LogP contribution in [0.1, 0.15) is 17.9 Å². The third-order valence-corrected chi connectivity index (χ3v) is 4.73. The summed E-state index contributed by atoms with van der Waals surface area (Å²) in [6.45, 7) is 0. The lowest BCUT2D eigenvalue weighted by molar-refractivity contribution is -0.123. The van der Waals surface area contributed by atoms with Gasteiger partial charge in [0.2, 0.25) is 17.8 Å². The van der Waals surface area contributed by atoms with E-state index in [1.807, 2.05) is 0 Å². The van der Waals surface area contributed by atoms with Crippen LogP contribution < -0.4 is 26.2 Å². The highest BCUT2D eigenvalue weighted by atomic mass is 19.1. The highest BCUT2D eigenvalue weighted by Crippen LogP contribution is 2.30. The maximum atomic E-state index is 13.1. The van der Waals surface area contributed by atoms with Crippen LogP contribution in [0.2, 0.25) is 0 Å². The molecule has 0 radical (unpaired) electrons. The molecule has 2 aromatic carbocycles. The Morgan fingerprint density at radius 2 is 1.77 bits per heavy atom. The molecule has 0 saturated carbocycles. The van der Waals surface area contributed by atoms with Gasteiger partial charge in [0.25, 0.3) is 5.56 Å². The number of aromatic nitrogens is 2. The summed E-state index contributed by atoms with van der Waals surface area (Å²) in [6.07, 6.45) is -0.190. The predicted molar refractivity (Wildman–Crippen MR) is 112 cm³/mol. The molecular weight excluding hydrogens is 405 g/mol. The number of nitrogens with zero attached hydrogens (tertiary/aromatic N) is 1. The Morgan fingerprint density at radius 3 is 2.45 bits per heavy atom. The average molecular weight is 423 g/mol. The van der Waals surface area contributed by atoms with Gasteiger partial charge in [-0.2, -0.15) is 4.98 Å². The van der Waals surface area contributed by atoms with Gasteiger partial charge in [-0.3, -0.25) is 19.4 Å². The monoisotopic (exact) mass is 423 g/mol. The number of fused-ring (bicyclic) bond motifs is 1. The molecule has 1 aliphatic rings. The number of nitrogens with one attached hydrogen (secondary N) is 4. The van der Waals surface area contributed by atoms with Gasteiger partial charge in [0, 0.05) is 17.8 Å². The van der Waals surface area contributed by atoms with Crippen LogP contribution in [0.4, 0.5) is 27.5 Å². The van der Waals surface area contributed by atoms with E-state index in [0.717, 1.165) is 0 Å². The number of benzene rings is 2. The minimum Gasteiger partial charge on any atom is -0.497 e. The van der Waals surface area contributed by atoms with Crippen LogP contribution >= 0.6 is 0 Å². The minimum absolute atomic E-state index is 0.000470. The Bertz CT molecular complexity index is 1190. The van der Waals surface area contributed by atoms with Crippen molar-refractivity contribution in [1.29, 1.82) is 0 Å². The first-order valence-corrected chi connectivity index (χ1v) is 9.34. The number of hydrogen-bond acceptors (Lipinski definition) is 6. The predicted octanol–water partition coefficient (Wildman–Crippen LogP) is 2.73. The lowest BCUT2D eigenvalue weighted by Gasteiger charge is -2.23. The molecule has 3 aromatic rings. The third kappa shape index (κ3) is 4.37. The molecule has 31 heavy (non-hydrogen) atoms. The molecule has 9 nitrogen and oxygen atoms in total. The fraction of sp³-hybridized carbons (Fsp3) is 0.143. The molecule has 4 rings (SSSR count).